The molecule has 0 aliphatic carbocycles. The van der Waals surface area contributed by atoms with Crippen LogP contribution in [0.5, 0.6) is 0 Å². The highest BCUT2D eigenvalue weighted by atomic mass is 35.5. The van der Waals surface area contributed by atoms with Gasteiger partial charge in [0.2, 0.25) is 0 Å². The van der Waals surface area contributed by atoms with Crippen molar-refractivity contribution in [2.24, 2.45) is 0 Å². The number of fused-ring (bicyclic) bond motifs is 1. The van der Waals surface area contributed by atoms with Crippen LogP contribution in [0, 0.1) is 27.7 Å². The highest BCUT2D eigenvalue weighted by Gasteiger charge is 2.17. The molecule has 3 aromatic heterocycles. The third kappa shape index (κ3) is 2.61. The number of benzene rings is 1. The summed E-state index contributed by atoms with van der Waals surface area (Å²) in [7, 11) is 0. The molecule has 0 unspecified atom stereocenters. The van der Waals surface area contributed by atoms with E-state index in [0.717, 1.165) is 45.4 Å². The van der Waals surface area contributed by atoms with Crippen molar-refractivity contribution >= 4 is 17.2 Å². The second kappa shape index (κ2) is 5.70. The van der Waals surface area contributed by atoms with Crippen LogP contribution < -0.4 is 0 Å². The van der Waals surface area contributed by atoms with Crippen molar-refractivity contribution in [1.82, 2.24) is 24.4 Å². The van der Waals surface area contributed by atoms with Crippen LogP contribution in [-0.2, 0) is 0 Å². The Morgan fingerprint density at radius 1 is 0.880 bits per heavy atom. The van der Waals surface area contributed by atoms with Gasteiger partial charge in [-0.25, -0.2) is 9.67 Å². The van der Waals surface area contributed by atoms with E-state index < -0.39 is 0 Å². The lowest BCUT2D eigenvalue weighted by Gasteiger charge is -2.08. The molecular weight excluding hydrogens is 334 g/mol. The maximum Gasteiger partial charge on any atom is 0.161 e. The Balaban J connectivity index is 2.01. The molecule has 25 heavy (non-hydrogen) atoms. The Hall–Kier alpha value is -2.66. The number of rotatable bonds is 2. The van der Waals surface area contributed by atoms with Crippen LogP contribution in [0.25, 0.3) is 22.7 Å². The molecule has 4 rings (SSSR count). The number of hydrogen-bond acceptors (Lipinski definition) is 3. The molecule has 1 aromatic carbocycles. The highest BCUT2D eigenvalue weighted by Crippen LogP contribution is 2.27. The molecule has 126 valence electrons. The monoisotopic (exact) mass is 351 g/mol. The van der Waals surface area contributed by atoms with Crippen LogP contribution in [0.4, 0.5) is 0 Å². The summed E-state index contributed by atoms with van der Waals surface area (Å²) in [5.74, 6) is 0.886. The van der Waals surface area contributed by atoms with Crippen LogP contribution in [0.2, 0.25) is 5.02 Å². The van der Waals surface area contributed by atoms with E-state index in [9.17, 15) is 0 Å². The topological polar surface area (TPSA) is 48.0 Å². The maximum absolute atomic E-state index is 6.01. The van der Waals surface area contributed by atoms with Crippen molar-refractivity contribution in [1.29, 1.82) is 0 Å². The van der Waals surface area contributed by atoms with Crippen LogP contribution in [0.15, 0.2) is 36.4 Å². The molecule has 0 fully saturated rings. The zero-order valence-electron chi connectivity index (χ0n) is 14.6. The summed E-state index contributed by atoms with van der Waals surface area (Å²) in [6.07, 6.45) is 0. The van der Waals surface area contributed by atoms with Gasteiger partial charge in [0.15, 0.2) is 11.5 Å². The number of nitrogens with zero attached hydrogens (tertiary/aromatic N) is 5. The molecule has 0 saturated carbocycles. The summed E-state index contributed by atoms with van der Waals surface area (Å²) < 4.78 is 3.78. The van der Waals surface area contributed by atoms with E-state index in [1.807, 2.05) is 67.2 Å². The number of halogens is 1. The first-order valence-corrected chi connectivity index (χ1v) is 8.48. The summed E-state index contributed by atoms with van der Waals surface area (Å²) in [6.45, 7) is 8.06. The van der Waals surface area contributed by atoms with Gasteiger partial charge in [-0.1, -0.05) is 23.7 Å². The van der Waals surface area contributed by atoms with E-state index in [2.05, 4.69) is 11.2 Å². The van der Waals surface area contributed by atoms with Crippen molar-refractivity contribution < 1.29 is 0 Å². The Labute approximate surface area is 150 Å². The van der Waals surface area contributed by atoms with Crippen molar-refractivity contribution in [2.75, 3.05) is 0 Å². The van der Waals surface area contributed by atoms with E-state index >= 15 is 0 Å². The van der Waals surface area contributed by atoms with Crippen LogP contribution in [-0.4, -0.2) is 24.4 Å². The molecule has 0 bridgehead atoms. The molecule has 0 atom stereocenters. The first-order valence-electron chi connectivity index (χ1n) is 8.10. The first-order chi connectivity index (χ1) is 11.9. The molecular formula is C19H18ClN5. The molecule has 0 aliphatic rings. The van der Waals surface area contributed by atoms with E-state index in [0.29, 0.717) is 5.02 Å². The summed E-state index contributed by atoms with van der Waals surface area (Å²) in [5.41, 5.74) is 6.76. The minimum atomic E-state index is 0.711. The minimum Gasteiger partial charge on any atom is -0.233 e. The summed E-state index contributed by atoms with van der Waals surface area (Å²) in [5, 5.41) is 10.1. The van der Waals surface area contributed by atoms with E-state index in [4.69, 9.17) is 21.7 Å². The normalized spacial score (nSPS) is 11.4. The zero-order chi connectivity index (χ0) is 17.7. The Bertz CT molecular complexity index is 1090. The lowest BCUT2D eigenvalue weighted by atomic mass is 10.1. The van der Waals surface area contributed by atoms with Crippen LogP contribution in [0.3, 0.4) is 0 Å². The third-order valence-electron chi connectivity index (χ3n) is 4.27. The molecule has 0 aliphatic heterocycles. The lowest BCUT2D eigenvalue weighted by molar-refractivity contribution is 0.753. The Kier molecular flexibility index (Phi) is 3.62. The Morgan fingerprint density at radius 3 is 2.24 bits per heavy atom. The predicted octanol–water partition coefficient (Wildman–Crippen LogP) is 4.47. The fourth-order valence-corrected chi connectivity index (χ4v) is 3.25. The lowest BCUT2D eigenvalue weighted by Crippen LogP contribution is -2.08. The second-order valence-electron chi connectivity index (χ2n) is 6.31. The van der Waals surface area contributed by atoms with Gasteiger partial charge >= 0.3 is 0 Å². The summed E-state index contributed by atoms with van der Waals surface area (Å²) >= 11 is 6.01. The smallest absolute Gasteiger partial charge is 0.161 e. The largest absolute Gasteiger partial charge is 0.233 e. The van der Waals surface area contributed by atoms with Gasteiger partial charge in [0, 0.05) is 33.6 Å². The predicted molar refractivity (Wildman–Crippen MR) is 99.5 cm³/mol. The van der Waals surface area contributed by atoms with Gasteiger partial charge in [-0.15, -0.1) is 0 Å². The fraction of sp³-hybridized carbons (Fsp3) is 0.211. The molecule has 4 aromatic rings. The van der Waals surface area contributed by atoms with E-state index in [1.165, 1.54) is 0 Å². The number of hydrogen-bond donors (Lipinski definition) is 0. The highest BCUT2D eigenvalue weighted by molar-refractivity contribution is 6.30. The number of aryl methyl sites for hydroxylation is 4. The van der Waals surface area contributed by atoms with Gasteiger partial charge in [-0.3, -0.25) is 0 Å². The van der Waals surface area contributed by atoms with Crippen LogP contribution >= 0.6 is 11.6 Å². The average Bonchev–Trinajstić information content (AvgIpc) is 3.07. The molecule has 5 nitrogen and oxygen atoms in total. The minimum absolute atomic E-state index is 0.711. The SMILES string of the molecule is Cc1cc(-n2nc(C)cc2C)n2nc(-c3ccc(Cl)cc3)c(C)c2n1. The molecule has 0 radical (unpaired) electrons. The summed E-state index contributed by atoms with van der Waals surface area (Å²) in [6, 6.07) is 11.8. The zero-order valence-corrected chi connectivity index (χ0v) is 15.3. The van der Waals surface area contributed by atoms with Gasteiger partial charge in [0.05, 0.1) is 11.4 Å². The third-order valence-corrected chi connectivity index (χ3v) is 4.52. The average molecular weight is 352 g/mol. The molecule has 6 heteroatoms. The Morgan fingerprint density at radius 2 is 1.60 bits per heavy atom. The van der Waals surface area contributed by atoms with Crippen molar-refractivity contribution in [3.63, 3.8) is 0 Å². The second-order valence-corrected chi connectivity index (χ2v) is 6.75. The van der Waals surface area contributed by atoms with Gasteiger partial charge in [-0.2, -0.15) is 14.7 Å². The molecule has 0 amide bonds. The fourth-order valence-electron chi connectivity index (χ4n) is 3.12. The van der Waals surface area contributed by atoms with Gasteiger partial charge in [0.1, 0.15) is 0 Å². The number of aromatic nitrogens is 5. The van der Waals surface area contributed by atoms with Crippen molar-refractivity contribution in [3.8, 4) is 17.1 Å². The van der Waals surface area contributed by atoms with Crippen molar-refractivity contribution in [3.05, 3.63) is 64.1 Å². The molecule has 0 spiro atoms. The maximum atomic E-state index is 6.01. The van der Waals surface area contributed by atoms with Gasteiger partial charge in [-0.05, 0) is 45.9 Å². The van der Waals surface area contributed by atoms with E-state index in [-0.39, 0.29) is 0 Å². The van der Waals surface area contributed by atoms with Crippen molar-refractivity contribution in [2.45, 2.75) is 27.7 Å². The van der Waals surface area contributed by atoms with Gasteiger partial charge < -0.3 is 0 Å². The molecule has 0 saturated heterocycles. The quantitative estimate of drug-likeness (QED) is 0.535. The van der Waals surface area contributed by atoms with Crippen LogP contribution in [0.1, 0.15) is 22.6 Å². The first kappa shape index (κ1) is 15.8. The molecule has 0 N–H and O–H groups in total. The molecule has 3 heterocycles. The standard InChI is InChI=1S/C19H18ClN5/c1-11-10-17(24-13(3)9-12(2)22-24)25-19(21-11)14(4)18(23-25)15-5-7-16(20)8-6-15/h5-10H,1-4H3. The summed E-state index contributed by atoms with van der Waals surface area (Å²) in [4.78, 5) is 4.69. The van der Waals surface area contributed by atoms with E-state index in [1.54, 1.807) is 0 Å². The van der Waals surface area contributed by atoms with Gasteiger partial charge in [0.25, 0.3) is 0 Å².